The van der Waals surface area contributed by atoms with E-state index >= 15 is 0 Å². The van der Waals surface area contributed by atoms with Gasteiger partial charge in [0.05, 0.1) is 23.8 Å². The van der Waals surface area contributed by atoms with Gasteiger partial charge in [0.1, 0.15) is 18.5 Å². The summed E-state index contributed by atoms with van der Waals surface area (Å²) < 4.78 is 5.39. The smallest absolute Gasteiger partial charge is 0.119 e. The second kappa shape index (κ2) is 7.10. The number of nitrogens with zero attached hydrogens (tertiary/aromatic N) is 1. The average Bonchev–Trinajstić information content (AvgIpc) is 2.35. The van der Waals surface area contributed by atoms with Crippen molar-refractivity contribution in [3.8, 4) is 11.8 Å². The third-order valence-corrected chi connectivity index (χ3v) is 2.12. The van der Waals surface area contributed by atoms with Gasteiger partial charge in [0.15, 0.2) is 0 Å². The summed E-state index contributed by atoms with van der Waals surface area (Å²) in [6, 6.07) is 8.77. The third-order valence-electron chi connectivity index (χ3n) is 2.12. The fourth-order valence-electron chi connectivity index (χ4n) is 1.23. The molecule has 104 valence electrons. The highest BCUT2D eigenvalue weighted by Gasteiger charge is 2.12. The van der Waals surface area contributed by atoms with E-state index in [2.05, 4.69) is 5.48 Å². The summed E-state index contributed by atoms with van der Waals surface area (Å²) >= 11 is 0. The zero-order valence-corrected chi connectivity index (χ0v) is 11.5. The maximum atomic E-state index is 9.69. The summed E-state index contributed by atoms with van der Waals surface area (Å²) in [6.45, 7) is 6.19. The molecule has 0 radical (unpaired) electrons. The summed E-state index contributed by atoms with van der Waals surface area (Å²) in [4.78, 5) is 5.28. The minimum absolute atomic E-state index is 0.159. The molecule has 0 aromatic heterocycles. The van der Waals surface area contributed by atoms with Crippen LogP contribution in [0.3, 0.4) is 0 Å². The Bertz CT molecular complexity index is 418. The van der Waals surface area contributed by atoms with E-state index in [1.165, 1.54) is 0 Å². The van der Waals surface area contributed by atoms with Gasteiger partial charge in [0.2, 0.25) is 0 Å². The van der Waals surface area contributed by atoms with E-state index in [0.29, 0.717) is 11.3 Å². The largest absolute Gasteiger partial charge is 0.491 e. The second-order valence-electron chi connectivity index (χ2n) is 5.16. The van der Waals surface area contributed by atoms with E-state index in [1.54, 1.807) is 24.3 Å². The van der Waals surface area contributed by atoms with Crippen molar-refractivity contribution in [1.29, 1.82) is 5.26 Å². The predicted molar refractivity (Wildman–Crippen MR) is 71.5 cm³/mol. The number of hydroxylamine groups is 1. The molecule has 0 bridgehead atoms. The topological polar surface area (TPSA) is 74.5 Å². The molecule has 0 saturated carbocycles. The molecule has 1 aromatic rings. The molecule has 19 heavy (non-hydrogen) atoms. The Morgan fingerprint density at radius 2 is 1.95 bits per heavy atom. The highest BCUT2D eigenvalue weighted by atomic mass is 16.7. The SMILES string of the molecule is CC(C)(C)ONCC(O)COc1ccc(C#N)cc1. The van der Waals surface area contributed by atoms with E-state index in [-0.39, 0.29) is 18.8 Å². The highest BCUT2D eigenvalue weighted by Crippen LogP contribution is 2.11. The first-order valence-electron chi connectivity index (χ1n) is 6.12. The molecule has 1 unspecified atom stereocenters. The summed E-state index contributed by atoms with van der Waals surface area (Å²) in [7, 11) is 0. The molecule has 1 rings (SSSR count). The molecule has 0 aliphatic carbocycles. The van der Waals surface area contributed by atoms with Gasteiger partial charge in [-0.05, 0) is 45.0 Å². The molecule has 0 aliphatic heterocycles. The van der Waals surface area contributed by atoms with Gasteiger partial charge in [-0.3, -0.25) is 4.84 Å². The lowest BCUT2D eigenvalue weighted by molar-refractivity contribution is -0.0857. The van der Waals surface area contributed by atoms with Crippen LogP contribution in [-0.2, 0) is 4.84 Å². The van der Waals surface area contributed by atoms with Gasteiger partial charge in [-0.15, -0.1) is 0 Å². The van der Waals surface area contributed by atoms with Gasteiger partial charge in [-0.1, -0.05) is 0 Å². The number of benzene rings is 1. The van der Waals surface area contributed by atoms with Crippen molar-refractivity contribution in [3.05, 3.63) is 29.8 Å². The molecule has 5 heteroatoms. The van der Waals surface area contributed by atoms with Gasteiger partial charge in [0, 0.05) is 0 Å². The van der Waals surface area contributed by atoms with Crippen molar-refractivity contribution >= 4 is 0 Å². The molecule has 0 heterocycles. The van der Waals surface area contributed by atoms with Crippen molar-refractivity contribution < 1.29 is 14.7 Å². The normalized spacial score (nSPS) is 12.8. The standard InChI is InChI=1S/C14H20N2O3/c1-14(2,3)19-16-9-12(17)10-18-13-6-4-11(8-15)5-7-13/h4-7,12,16-17H,9-10H2,1-3H3. The lowest BCUT2D eigenvalue weighted by Crippen LogP contribution is -2.36. The third kappa shape index (κ3) is 6.77. The van der Waals surface area contributed by atoms with Crippen LogP contribution in [-0.4, -0.2) is 30.0 Å². The Hall–Kier alpha value is -1.61. The van der Waals surface area contributed by atoms with Crippen LogP contribution in [0.1, 0.15) is 26.3 Å². The summed E-state index contributed by atoms with van der Waals surface area (Å²) in [5.74, 6) is 0.620. The Balaban J connectivity index is 2.26. The van der Waals surface area contributed by atoms with Crippen LogP contribution in [0.25, 0.3) is 0 Å². The predicted octanol–water partition coefficient (Wildman–Crippen LogP) is 1.62. The molecule has 0 aliphatic rings. The lowest BCUT2D eigenvalue weighted by atomic mass is 10.2. The Morgan fingerprint density at radius 3 is 2.47 bits per heavy atom. The van der Waals surface area contributed by atoms with Crippen LogP contribution in [0.15, 0.2) is 24.3 Å². The van der Waals surface area contributed by atoms with Crippen LogP contribution in [0.5, 0.6) is 5.75 Å². The molecule has 0 spiro atoms. The Morgan fingerprint density at radius 1 is 1.32 bits per heavy atom. The molecule has 1 aromatic carbocycles. The molecule has 1 atom stereocenters. The first kappa shape index (κ1) is 15.4. The molecule has 0 fully saturated rings. The number of hydrogen-bond acceptors (Lipinski definition) is 5. The Labute approximate surface area is 113 Å². The van der Waals surface area contributed by atoms with Crippen LogP contribution < -0.4 is 10.2 Å². The van der Waals surface area contributed by atoms with Crippen molar-refractivity contribution in [1.82, 2.24) is 5.48 Å². The zero-order valence-electron chi connectivity index (χ0n) is 11.5. The molecular weight excluding hydrogens is 244 g/mol. The van der Waals surface area contributed by atoms with Crippen LogP contribution in [0, 0.1) is 11.3 Å². The van der Waals surface area contributed by atoms with Crippen LogP contribution >= 0.6 is 0 Å². The molecular formula is C14H20N2O3. The fourth-order valence-corrected chi connectivity index (χ4v) is 1.23. The minimum atomic E-state index is -0.669. The number of aliphatic hydroxyl groups excluding tert-OH is 1. The van der Waals surface area contributed by atoms with Crippen molar-refractivity contribution in [2.75, 3.05) is 13.2 Å². The monoisotopic (exact) mass is 264 g/mol. The van der Waals surface area contributed by atoms with E-state index in [1.807, 2.05) is 26.8 Å². The number of hydrogen-bond donors (Lipinski definition) is 2. The van der Waals surface area contributed by atoms with Gasteiger partial charge in [-0.25, -0.2) is 0 Å². The number of aliphatic hydroxyl groups is 1. The number of nitriles is 1. The number of rotatable bonds is 6. The van der Waals surface area contributed by atoms with E-state index < -0.39 is 6.10 Å². The minimum Gasteiger partial charge on any atom is -0.491 e. The van der Waals surface area contributed by atoms with Gasteiger partial charge < -0.3 is 9.84 Å². The quantitative estimate of drug-likeness (QED) is 0.764. The number of nitrogens with one attached hydrogen (secondary N) is 1. The van der Waals surface area contributed by atoms with Gasteiger partial charge in [0.25, 0.3) is 0 Å². The van der Waals surface area contributed by atoms with E-state index in [4.69, 9.17) is 14.8 Å². The van der Waals surface area contributed by atoms with Crippen molar-refractivity contribution in [2.24, 2.45) is 0 Å². The van der Waals surface area contributed by atoms with E-state index in [0.717, 1.165) is 0 Å². The highest BCUT2D eigenvalue weighted by molar-refractivity contribution is 5.34. The first-order chi connectivity index (χ1) is 8.90. The van der Waals surface area contributed by atoms with Crippen molar-refractivity contribution in [3.63, 3.8) is 0 Å². The Kier molecular flexibility index (Phi) is 5.77. The summed E-state index contributed by atoms with van der Waals surface area (Å²) in [6.07, 6.45) is -0.669. The van der Waals surface area contributed by atoms with E-state index in [9.17, 15) is 5.11 Å². The molecule has 2 N–H and O–H groups in total. The van der Waals surface area contributed by atoms with Crippen molar-refractivity contribution in [2.45, 2.75) is 32.5 Å². The first-order valence-corrected chi connectivity index (χ1v) is 6.12. The van der Waals surface area contributed by atoms with Gasteiger partial charge in [-0.2, -0.15) is 10.7 Å². The van der Waals surface area contributed by atoms with Crippen LogP contribution in [0.4, 0.5) is 0 Å². The molecule has 5 nitrogen and oxygen atoms in total. The fraction of sp³-hybridized carbons (Fsp3) is 0.500. The zero-order chi connectivity index (χ0) is 14.3. The second-order valence-corrected chi connectivity index (χ2v) is 5.16. The number of ether oxygens (including phenoxy) is 1. The maximum Gasteiger partial charge on any atom is 0.119 e. The average molecular weight is 264 g/mol. The van der Waals surface area contributed by atoms with Crippen LogP contribution in [0.2, 0.25) is 0 Å². The summed E-state index contributed by atoms with van der Waals surface area (Å²) in [5.41, 5.74) is 2.99. The van der Waals surface area contributed by atoms with Gasteiger partial charge >= 0.3 is 0 Å². The molecule has 0 amide bonds. The lowest BCUT2D eigenvalue weighted by Gasteiger charge is -2.21. The maximum absolute atomic E-state index is 9.69. The summed E-state index contributed by atoms with van der Waals surface area (Å²) in [5, 5.41) is 18.3. The molecule has 0 saturated heterocycles.